The van der Waals surface area contributed by atoms with E-state index in [-0.39, 0.29) is 5.04 Å². The predicted molar refractivity (Wildman–Crippen MR) is 79.8 cm³/mol. The summed E-state index contributed by atoms with van der Waals surface area (Å²) in [6.07, 6.45) is 7.34. The van der Waals surface area contributed by atoms with E-state index in [0.29, 0.717) is 12.5 Å². The highest BCUT2D eigenvalue weighted by atomic mass is 28.4. The van der Waals surface area contributed by atoms with Crippen molar-refractivity contribution in [2.24, 2.45) is 17.8 Å². The third-order valence-electron chi connectivity index (χ3n) is 4.88. The van der Waals surface area contributed by atoms with Gasteiger partial charge >= 0.3 is 0 Å². The maximum atomic E-state index is 6.08. The second kappa shape index (κ2) is 4.87. The summed E-state index contributed by atoms with van der Waals surface area (Å²) in [5, 5.41) is 0.282. The molecule has 0 saturated heterocycles. The number of hydrogen-bond donors (Lipinski definition) is 0. The molecular formula is C16H26OSi. The molecular weight excluding hydrogens is 236 g/mol. The lowest BCUT2D eigenvalue weighted by atomic mass is 9.94. The molecule has 2 heteroatoms. The zero-order valence-corrected chi connectivity index (χ0v) is 13.4. The van der Waals surface area contributed by atoms with E-state index in [0.717, 1.165) is 11.8 Å². The van der Waals surface area contributed by atoms with E-state index in [1.54, 1.807) is 0 Å². The molecule has 3 atom stereocenters. The van der Waals surface area contributed by atoms with Crippen molar-refractivity contribution >= 4 is 8.32 Å². The first-order chi connectivity index (χ1) is 8.29. The van der Waals surface area contributed by atoms with Crippen LogP contribution in [0.5, 0.6) is 0 Å². The van der Waals surface area contributed by atoms with Gasteiger partial charge in [-0.3, -0.25) is 0 Å². The molecule has 2 aliphatic rings. The summed E-state index contributed by atoms with van der Waals surface area (Å²) >= 11 is 0. The Kier molecular flexibility index (Phi) is 3.76. The average Bonchev–Trinajstić information content (AvgIpc) is 2.84. The summed E-state index contributed by atoms with van der Waals surface area (Å²) in [6, 6.07) is 0. The fourth-order valence-corrected chi connectivity index (χ4v) is 3.42. The van der Waals surface area contributed by atoms with Gasteiger partial charge in [-0.05, 0) is 42.8 Å². The molecule has 100 valence electrons. The zero-order valence-electron chi connectivity index (χ0n) is 12.4. The maximum absolute atomic E-state index is 6.08. The van der Waals surface area contributed by atoms with E-state index in [9.17, 15) is 0 Å². The molecule has 2 rings (SSSR count). The van der Waals surface area contributed by atoms with Gasteiger partial charge in [0.05, 0.1) is 6.61 Å². The molecule has 0 spiro atoms. The van der Waals surface area contributed by atoms with Crippen molar-refractivity contribution in [1.82, 2.24) is 0 Å². The fraction of sp³-hybridized carbons (Fsp3) is 0.750. The molecule has 18 heavy (non-hydrogen) atoms. The van der Waals surface area contributed by atoms with Gasteiger partial charge in [-0.25, -0.2) is 0 Å². The van der Waals surface area contributed by atoms with Crippen molar-refractivity contribution in [1.29, 1.82) is 0 Å². The van der Waals surface area contributed by atoms with Gasteiger partial charge in [-0.1, -0.05) is 44.8 Å². The summed E-state index contributed by atoms with van der Waals surface area (Å²) in [4.78, 5) is 0. The lowest BCUT2D eigenvalue weighted by Crippen LogP contribution is -2.40. The molecule has 0 aliphatic heterocycles. The topological polar surface area (TPSA) is 9.23 Å². The first-order valence-corrected chi connectivity index (χ1v) is 10.0. The van der Waals surface area contributed by atoms with Gasteiger partial charge < -0.3 is 4.43 Å². The van der Waals surface area contributed by atoms with Crippen molar-refractivity contribution in [3.8, 4) is 11.8 Å². The summed E-state index contributed by atoms with van der Waals surface area (Å²) in [5.74, 6) is 8.85. The monoisotopic (exact) mass is 262 g/mol. The lowest BCUT2D eigenvalue weighted by molar-refractivity contribution is 0.334. The van der Waals surface area contributed by atoms with Crippen LogP contribution in [0.1, 0.15) is 33.6 Å². The molecule has 0 aromatic heterocycles. The Morgan fingerprint density at radius 1 is 1.22 bits per heavy atom. The summed E-state index contributed by atoms with van der Waals surface area (Å²) in [7, 11) is -1.61. The molecule has 2 bridgehead atoms. The first-order valence-electron chi connectivity index (χ1n) is 7.10. The molecule has 1 saturated carbocycles. The molecule has 2 aliphatic carbocycles. The molecule has 0 amide bonds. The van der Waals surface area contributed by atoms with Crippen LogP contribution in [0.25, 0.3) is 0 Å². The SMILES string of the molecule is CC(C)(C)[Si](C)(C)OCC#C[C@H]1C[C@@H]2C=C[C@H]1C2. The van der Waals surface area contributed by atoms with E-state index < -0.39 is 8.32 Å². The van der Waals surface area contributed by atoms with Gasteiger partial charge in [0.25, 0.3) is 0 Å². The second-order valence-corrected chi connectivity index (χ2v) is 12.1. The molecule has 1 nitrogen and oxygen atoms in total. The Balaban J connectivity index is 1.81. The van der Waals surface area contributed by atoms with Crippen LogP contribution < -0.4 is 0 Å². The molecule has 1 fully saturated rings. The fourth-order valence-electron chi connectivity index (χ4n) is 2.55. The quantitative estimate of drug-likeness (QED) is 0.411. The van der Waals surface area contributed by atoms with Gasteiger partial charge in [-0.15, -0.1) is 0 Å². The van der Waals surface area contributed by atoms with E-state index in [1.165, 1.54) is 12.8 Å². The van der Waals surface area contributed by atoms with E-state index in [2.05, 4.69) is 57.9 Å². The van der Waals surface area contributed by atoms with E-state index in [4.69, 9.17) is 4.43 Å². The summed E-state index contributed by atoms with van der Waals surface area (Å²) < 4.78 is 6.08. The van der Waals surface area contributed by atoms with Crippen LogP contribution in [0.4, 0.5) is 0 Å². The van der Waals surface area contributed by atoms with Gasteiger partial charge in [0.2, 0.25) is 0 Å². The summed E-state index contributed by atoms with van der Waals surface area (Å²) in [6.45, 7) is 12.0. The largest absolute Gasteiger partial charge is 0.406 e. The molecule has 0 N–H and O–H groups in total. The minimum atomic E-state index is -1.61. The Hall–Kier alpha value is -0.523. The number of fused-ring (bicyclic) bond motifs is 2. The highest BCUT2D eigenvalue weighted by Gasteiger charge is 2.37. The van der Waals surface area contributed by atoms with Crippen LogP contribution in [0.15, 0.2) is 12.2 Å². The van der Waals surface area contributed by atoms with Gasteiger partial charge in [0.1, 0.15) is 0 Å². The predicted octanol–water partition coefficient (Wildman–Crippen LogP) is 4.22. The highest BCUT2D eigenvalue weighted by molar-refractivity contribution is 6.74. The second-order valence-electron chi connectivity index (χ2n) is 7.26. The van der Waals surface area contributed by atoms with Gasteiger partial charge in [0, 0.05) is 5.92 Å². The van der Waals surface area contributed by atoms with Crippen LogP contribution >= 0.6 is 0 Å². The van der Waals surface area contributed by atoms with Crippen LogP contribution in [0.3, 0.4) is 0 Å². The van der Waals surface area contributed by atoms with Crippen molar-refractivity contribution in [3.63, 3.8) is 0 Å². The third kappa shape index (κ3) is 2.89. The Morgan fingerprint density at radius 2 is 1.94 bits per heavy atom. The van der Waals surface area contributed by atoms with Gasteiger partial charge in [-0.2, -0.15) is 0 Å². The number of hydrogen-bond acceptors (Lipinski definition) is 1. The number of allylic oxidation sites excluding steroid dienone is 2. The van der Waals surface area contributed by atoms with Crippen molar-refractivity contribution in [2.75, 3.05) is 6.61 Å². The smallest absolute Gasteiger partial charge is 0.193 e. The molecule has 0 radical (unpaired) electrons. The molecule has 0 heterocycles. The normalized spacial score (nSPS) is 30.4. The van der Waals surface area contributed by atoms with E-state index in [1.807, 2.05) is 0 Å². The molecule has 0 aromatic carbocycles. The maximum Gasteiger partial charge on any atom is 0.193 e. The third-order valence-corrected chi connectivity index (χ3v) is 9.36. The minimum Gasteiger partial charge on any atom is -0.406 e. The van der Waals surface area contributed by atoms with Crippen LogP contribution in [-0.4, -0.2) is 14.9 Å². The van der Waals surface area contributed by atoms with Gasteiger partial charge in [0.15, 0.2) is 8.32 Å². The molecule has 0 aromatic rings. The van der Waals surface area contributed by atoms with Crippen LogP contribution in [0, 0.1) is 29.6 Å². The summed E-state index contributed by atoms with van der Waals surface area (Å²) in [5.41, 5.74) is 0. The zero-order chi connectivity index (χ0) is 13.4. The van der Waals surface area contributed by atoms with Crippen molar-refractivity contribution in [2.45, 2.75) is 51.7 Å². The van der Waals surface area contributed by atoms with Crippen molar-refractivity contribution in [3.05, 3.63) is 12.2 Å². The van der Waals surface area contributed by atoms with Crippen molar-refractivity contribution < 1.29 is 4.43 Å². The van der Waals surface area contributed by atoms with E-state index >= 15 is 0 Å². The lowest BCUT2D eigenvalue weighted by Gasteiger charge is -2.35. The standard InChI is InChI=1S/C16H26OSi/c1-16(2,3)18(4,5)17-10-6-7-14-11-13-8-9-15(14)12-13/h8-9,13-15H,10-12H2,1-5H3/t13-,14-,15-/m0/s1. The Labute approximate surface area is 113 Å². The van der Waals surface area contributed by atoms with Crippen LogP contribution in [-0.2, 0) is 4.43 Å². The van der Waals surface area contributed by atoms with Crippen LogP contribution in [0.2, 0.25) is 18.1 Å². The molecule has 0 unspecified atom stereocenters. The number of rotatable bonds is 2. The highest BCUT2D eigenvalue weighted by Crippen LogP contribution is 2.43. The average molecular weight is 262 g/mol. The Morgan fingerprint density at radius 3 is 2.44 bits per heavy atom. The first kappa shape index (κ1) is 13.9. The minimum absolute atomic E-state index is 0.282. The Bertz CT molecular complexity index is 392.